The van der Waals surface area contributed by atoms with Gasteiger partial charge in [0, 0.05) is 28.0 Å². The Bertz CT molecular complexity index is 712. The third-order valence-electron chi connectivity index (χ3n) is 3.97. The van der Waals surface area contributed by atoms with E-state index in [0.29, 0.717) is 5.69 Å². The monoisotopic (exact) mass is 344 g/mol. The summed E-state index contributed by atoms with van der Waals surface area (Å²) in [5.74, 6) is 0.0420. The first-order chi connectivity index (χ1) is 10.1. The summed E-state index contributed by atoms with van der Waals surface area (Å²) in [4.78, 5) is 14.8. The average molecular weight is 345 g/mol. The zero-order chi connectivity index (χ0) is 15.0. The Hall–Kier alpha value is -1.81. The molecular formula is C17H17BrN2O. The molecule has 0 radical (unpaired) electrons. The number of nitrogens with zero attached hydrogens (tertiary/aromatic N) is 1. The van der Waals surface area contributed by atoms with E-state index in [2.05, 4.69) is 15.9 Å². The van der Waals surface area contributed by atoms with Crippen molar-refractivity contribution < 1.29 is 4.79 Å². The van der Waals surface area contributed by atoms with Crippen LogP contribution in [-0.4, -0.2) is 12.5 Å². The molecule has 0 spiro atoms. The van der Waals surface area contributed by atoms with Gasteiger partial charge in [-0.05, 0) is 55.2 Å². The minimum absolute atomic E-state index is 0.0420. The normalized spacial score (nSPS) is 13.9. The van der Waals surface area contributed by atoms with E-state index in [0.717, 1.165) is 40.7 Å². The Morgan fingerprint density at radius 3 is 2.90 bits per heavy atom. The van der Waals surface area contributed by atoms with E-state index < -0.39 is 0 Å². The molecule has 108 valence electrons. The van der Waals surface area contributed by atoms with E-state index in [-0.39, 0.29) is 5.91 Å². The van der Waals surface area contributed by atoms with Crippen LogP contribution in [0.15, 0.2) is 40.9 Å². The van der Waals surface area contributed by atoms with Gasteiger partial charge < -0.3 is 10.6 Å². The highest BCUT2D eigenvalue weighted by molar-refractivity contribution is 9.10. The molecule has 0 saturated heterocycles. The summed E-state index contributed by atoms with van der Waals surface area (Å²) in [6, 6.07) is 11.6. The summed E-state index contributed by atoms with van der Waals surface area (Å²) in [5.41, 5.74) is 10.4. The summed E-state index contributed by atoms with van der Waals surface area (Å²) in [7, 11) is 0. The Kier molecular flexibility index (Phi) is 3.72. The first kappa shape index (κ1) is 14.1. The SMILES string of the molecule is Cc1c(Br)cccc1C(=O)N1CCCc2ccc(N)cc21. The van der Waals surface area contributed by atoms with Crippen LogP contribution in [0.1, 0.15) is 27.9 Å². The van der Waals surface area contributed by atoms with Crippen LogP contribution in [0.5, 0.6) is 0 Å². The summed E-state index contributed by atoms with van der Waals surface area (Å²) in [5, 5.41) is 0. The van der Waals surface area contributed by atoms with E-state index in [1.807, 2.05) is 48.2 Å². The second kappa shape index (κ2) is 5.53. The van der Waals surface area contributed by atoms with Gasteiger partial charge in [-0.1, -0.05) is 28.1 Å². The number of amides is 1. The lowest BCUT2D eigenvalue weighted by atomic mass is 9.99. The number of halogens is 1. The lowest BCUT2D eigenvalue weighted by Gasteiger charge is -2.30. The Balaban J connectivity index is 2.04. The van der Waals surface area contributed by atoms with Crippen LogP contribution in [0.25, 0.3) is 0 Å². The fraction of sp³-hybridized carbons (Fsp3) is 0.235. The first-order valence-corrected chi connectivity index (χ1v) is 7.82. The van der Waals surface area contributed by atoms with E-state index in [1.165, 1.54) is 5.56 Å². The topological polar surface area (TPSA) is 46.3 Å². The fourth-order valence-corrected chi connectivity index (χ4v) is 3.15. The Labute approximate surface area is 132 Å². The zero-order valence-corrected chi connectivity index (χ0v) is 13.5. The molecule has 0 unspecified atom stereocenters. The number of hydrogen-bond acceptors (Lipinski definition) is 2. The molecule has 1 amide bonds. The van der Waals surface area contributed by atoms with Gasteiger partial charge in [0.25, 0.3) is 5.91 Å². The highest BCUT2D eigenvalue weighted by atomic mass is 79.9. The van der Waals surface area contributed by atoms with Gasteiger partial charge in [-0.15, -0.1) is 0 Å². The predicted octanol–water partition coefficient (Wildman–Crippen LogP) is 3.93. The molecule has 2 aromatic rings. The summed E-state index contributed by atoms with van der Waals surface area (Å²) in [6.45, 7) is 2.70. The maximum atomic E-state index is 12.9. The number of rotatable bonds is 1. The van der Waals surface area contributed by atoms with E-state index in [1.54, 1.807) is 0 Å². The molecule has 4 heteroatoms. The molecule has 1 aliphatic rings. The van der Waals surface area contributed by atoms with Gasteiger partial charge in [0.2, 0.25) is 0 Å². The third-order valence-corrected chi connectivity index (χ3v) is 4.83. The summed E-state index contributed by atoms with van der Waals surface area (Å²) in [6.07, 6.45) is 1.98. The quantitative estimate of drug-likeness (QED) is 0.796. The smallest absolute Gasteiger partial charge is 0.258 e. The maximum absolute atomic E-state index is 12.9. The summed E-state index contributed by atoms with van der Waals surface area (Å²) >= 11 is 3.49. The molecule has 3 rings (SSSR count). The van der Waals surface area contributed by atoms with Crippen molar-refractivity contribution in [2.24, 2.45) is 0 Å². The number of aryl methyl sites for hydroxylation is 1. The fourth-order valence-electron chi connectivity index (χ4n) is 2.79. The second-order valence-corrected chi connectivity index (χ2v) is 6.22. The van der Waals surface area contributed by atoms with Gasteiger partial charge in [-0.25, -0.2) is 0 Å². The van der Waals surface area contributed by atoms with Crippen LogP contribution in [0.3, 0.4) is 0 Å². The molecule has 0 bridgehead atoms. The van der Waals surface area contributed by atoms with Crippen LogP contribution in [0.4, 0.5) is 11.4 Å². The van der Waals surface area contributed by atoms with Gasteiger partial charge in [0.15, 0.2) is 0 Å². The van der Waals surface area contributed by atoms with Gasteiger partial charge in [0.1, 0.15) is 0 Å². The van der Waals surface area contributed by atoms with Crippen LogP contribution in [0.2, 0.25) is 0 Å². The average Bonchev–Trinajstić information content (AvgIpc) is 2.48. The largest absolute Gasteiger partial charge is 0.399 e. The number of benzene rings is 2. The second-order valence-electron chi connectivity index (χ2n) is 5.36. The standard InChI is InChI=1S/C17H17BrN2O/c1-11-14(5-2-6-15(11)18)17(21)20-9-3-4-12-7-8-13(19)10-16(12)20/h2,5-8,10H,3-4,9,19H2,1H3. The minimum atomic E-state index is 0.0420. The third kappa shape index (κ3) is 2.56. The summed E-state index contributed by atoms with van der Waals surface area (Å²) < 4.78 is 0.957. The van der Waals surface area contributed by atoms with Crippen LogP contribution in [-0.2, 0) is 6.42 Å². The highest BCUT2D eigenvalue weighted by Crippen LogP contribution is 2.31. The van der Waals surface area contributed by atoms with Crippen molar-refractivity contribution in [3.05, 3.63) is 57.6 Å². The molecule has 1 aliphatic heterocycles. The number of nitrogen functional groups attached to an aromatic ring is 1. The molecule has 3 nitrogen and oxygen atoms in total. The molecule has 0 atom stereocenters. The van der Waals surface area contributed by atoms with Gasteiger partial charge in [-0.2, -0.15) is 0 Å². The Morgan fingerprint density at radius 1 is 1.29 bits per heavy atom. The molecule has 0 fully saturated rings. The van der Waals surface area contributed by atoms with Crippen molar-refractivity contribution in [1.29, 1.82) is 0 Å². The molecule has 0 saturated carbocycles. The molecule has 0 aliphatic carbocycles. The van der Waals surface area contributed by atoms with Crippen LogP contribution in [0, 0.1) is 6.92 Å². The van der Waals surface area contributed by atoms with Crippen molar-refractivity contribution in [2.75, 3.05) is 17.2 Å². The molecule has 0 aromatic heterocycles. The lowest BCUT2D eigenvalue weighted by Crippen LogP contribution is -2.36. The van der Waals surface area contributed by atoms with Crippen molar-refractivity contribution in [3.8, 4) is 0 Å². The van der Waals surface area contributed by atoms with Gasteiger partial charge in [0.05, 0.1) is 0 Å². The zero-order valence-electron chi connectivity index (χ0n) is 11.9. The number of hydrogen-bond donors (Lipinski definition) is 1. The van der Waals surface area contributed by atoms with E-state index >= 15 is 0 Å². The number of carbonyl (C=O) groups is 1. The van der Waals surface area contributed by atoms with E-state index in [9.17, 15) is 4.79 Å². The first-order valence-electron chi connectivity index (χ1n) is 7.03. The van der Waals surface area contributed by atoms with E-state index in [4.69, 9.17) is 5.73 Å². The molecule has 2 N–H and O–H groups in total. The highest BCUT2D eigenvalue weighted by Gasteiger charge is 2.25. The Morgan fingerprint density at radius 2 is 2.10 bits per heavy atom. The van der Waals surface area contributed by atoms with Crippen molar-refractivity contribution in [1.82, 2.24) is 0 Å². The number of fused-ring (bicyclic) bond motifs is 1. The van der Waals surface area contributed by atoms with Crippen molar-refractivity contribution in [3.63, 3.8) is 0 Å². The van der Waals surface area contributed by atoms with Crippen molar-refractivity contribution in [2.45, 2.75) is 19.8 Å². The predicted molar refractivity (Wildman–Crippen MR) is 89.7 cm³/mol. The van der Waals surface area contributed by atoms with Crippen molar-refractivity contribution >= 4 is 33.2 Å². The number of anilines is 2. The number of carbonyl (C=O) groups excluding carboxylic acids is 1. The van der Waals surface area contributed by atoms with Gasteiger partial charge in [-0.3, -0.25) is 4.79 Å². The van der Waals surface area contributed by atoms with Crippen LogP contribution < -0.4 is 10.6 Å². The molecule has 21 heavy (non-hydrogen) atoms. The molecule has 1 heterocycles. The molecule has 2 aromatic carbocycles. The minimum Gasteiger partial charge on any atom is -0.399 e. The lowest BCUT2D eigenvalue weighted by molar-refractivity contribution is 0.0984. The number of nitrogens with two attached hydrogens (primary N) is 1. The van der Waals surface area contributed by atoms with Gasteiger partial charge >= 0.3 is 0 Å². The van der Waals surface area contributed by atoms with Crippen LogP contribution >= 0.6 is 15.9 Å². The molecular weight excluding hydrogens is 328 g/mol. The maximum Gasteiger partial charge on any atom is 0.258 e.